The highest BCUT2D eigenvalue weighted by Crippen LogP contribution is 2.21. The average molecular weight is 267 g/mol. The molecule has 0 aliphatic heterocycles. The van der Waals surface area contributed by atoms with E-state index in [0.29, 0.717) is 11.4 Å². The van der Waals surface area contributed by atoms with E-state index in [1.165, 1.54) is 6.20 Å². The Morgan fingerprint density at radius 3 is 2.55 bits per heavy atom. The van der Waals surface area contributed by atoms with Crippen LogP contribution in [0.1, 0.15) is 23.2 Å². The zero-order chi connectivity index (χ0) is 13.9. The third-order valence-electron chi connectivity index (χ3n) is 2.94. The molecule has 6 heteroatoms. The molecule has 0 saturated heterocycles. The smallest absolute Gasteiger partial charge is 0.141 e. The quantitative estimate of drug-likeness (QED) is 0.777. The summed E-state index contributed by atoms with van der Waals surface area (Å²) in [5.41, 5.74) is 2.65. The molecule has 100 valence electrons. The zero-order valence-electron chi connectivity index (χ0n) is 10.9. The second-order valence-corrected chi connectivity index (χ2v) is 4.39. The summed E-state index contributed by atoms with van der Waals surface area (Å²) < 4.78 is 1.59. The van der Waals surface area contributed by atoms with Crippen LogP contribution >= 0.6 is 0 Å². The number of benzene rings is 1. The highest BCUT2D eigenvalue weighted by molar-refractivity contribution is 5.33. The van der Waals surface area contributed by atoms with Crippen molar-refractivity contribution in [2.45, 2.75) is 13.0 Å². The molecule has 0 bridgehead atoms. The normalized spacial score (nSPS) is 12.3. The molecule has 1 unspecified atom stereocenters. The Labute approximate surface area is 115 Å². The third-order valence-corrected chi connectivity index (χ3v) is 2.94. The van der Waals surface area contributed by atoms with Crippen molar-refractivity contribution in [1.82, 2.24) is 25.0 Å². The van der Waals surface area contributed by atoms with Gasteiger partial charge in [-0.2, -0.15) is 0 Å². The van der Waals surface area contributed by atoms with Crippen LogP contribution in [0.15, 0.2) is 48.9 Å². The monoisotopic (exact) mass is 267 g/mol. The summed E-state index contributed by atoms with van der Waals surface area (Å²) in [7, 11) is 0. The molecule has 0 radical (unpaired) electrons. The van der Waals surface area contributed by atoms with Crippen LogP contribution in [0.5, 0.6) is 0 Å². The number of aliphatic hydroxyl groups is 1. The predicted octanol–water partition coefficient (Wildman–Crippen LogP) is 1.45. The van der Waals surface area contributed by atoms with Gasteiger partial charge >= 0.3 is 0 Å². The van der Waals surface area contributed by atoms with Crippen LogP contribution < -0.4 is 0 Å². The van der Waals surface area contributed by atoms with Crippen LogP contribution in [0.3, 0.4) is 0 Å². The van der Waals surface area contributed by atoms with Crippen LogP contribution in [-0.4, -0.2) is 30.1 Å². The minimum atomic E-state index is -0.918. The summed E-state index contributed by atoms with van der Waals surface area (Å²) in [6.07, 6.45) is 3.79. The summed E-state index contributed by atoms with van der Waals surface area (Å²) >= 11 is 0. The lowest BCUT2D eigenvalue weighted by molar-refractivity contribution is 0.206. The van der Waals surface area contributed by atoms with E-state index in [0.717, 1.165) is 11.4 Å². The fourth-order valence-electron chi connectivity index (χ4n) is 1.89. The van der Waals surface area contributed by atoms with Crippen LogP contribution in [0, 0.1) is 6.92 Å². The molecule has 0 saturated carbocycles. The second kappa shape index (κ2) is 5.18. The molecule has 6 nitrogen and oxygen atoms in total. The first-order chi connectivity index (χ1) is 9.75. The first-order valence-electron chi connectivity index (χ1n) is 6.18. The van der Waals surface area contributed by atoms with Crippen molar-refractivity contribution in [2.75, 3.05) is 0 Å². The van der Waals surface area contributed by atoms with Crippen LogP contribution in [-0.2, 0) is 0 Å². The number of nitrogens with zero attached hydrogens (tertiary/aromatic N) is 5. The van der Waals surface area contributed by atoms with Crippen molar-refractivity contribution in [3.8, 4) is 5.69 Å². The molecule has 1 aromatic carbocycles. The van der Waals surface area contributed by atoms with Gasteiger partial charge in [0.2, 0.25) is 0 Å². The molecule has 0 amide bonds. The van der Waals surface area contributed by atoms with E-state index in [4.69, 9.17) is 0 Å². The molecule has 20 heavy (non-hydrogen) atoms. The molecule has 3 aromatic rings. The summed E-state index contributed by atoms with van der Waals surface area (Å²) in [5, 5.41) is 18.3. The SMILES string of the molecule is Cc1cnc(C(O)c2cnnn2-c2ccccc2)cn1. The molecule has 0 aliphatic carbocycles. The fourth-order valence-corrected chi connectivity index (χ4v) is 1.89. The maximum atomic E-state index is 10.4. The lowest BCUT2D eigenvalue weighted by Gasteiger charge is -2.11. The standard InChI is InChI=1S/C14H13N5O/c1-10-7-16-12(8-15-10)14(20)13-9-17-18-19(13)11-5-3-2-4-6-11/h2-9,14,20H,1H3. The summed E-state index contributed by atoms with van der Waals surface area (Å²) in [4.78, 5) is 8.33. The predicted molar refractivity (Wildman–Crippen MR) is 72.2 cm³/mol. The Balaban J connectivity index is 1.99. The van der Waals surface area contributed by atoms with Gasteiger partial charge in [-0.1, -0.05) is 23.4 Å². The number of para-hydroxylation sites is 1. The number of rotatable bonds is 3. The van der Waals surface area contributed by atoms with E-state index < -0.39 is 6.10 Å². The second-order valence-electron chi connectivity index (χ2n) is 4.39. The summed E-state index contributed by atoms with van der Waals surface area (Å²) in [6.45, 7) is 1.85. The van der Waals surface area contributed by atoms with Crippen LogP contribution in [0.2, 0.25) is 0 Å². The Hall–Kier alpha value is -2.60. The topological polar surface area (TPSA) is 76.7 Å². The van der Waals surface area contributed by atoms with Crippen molar-refractivity contribution in [2.24, 2.45) is 0 Å². The minimum Gasteiger partial charge on any atom is -0.380 e. The van der Waals surface area contributed by atoms with Crippen molar-refractivity contribution in [3.05, 3.63) is 66.0 Å². The third kappa shape index (κ3) is 2.28. The highest BCUT2D eigenvalue weighted by atomic mass is 16.3. The molecule has 0 aliphatic rings. The van der Waals surface area contributed by atoms with Crippen LogP contribution in [0.4, 0.5) is 0 Å². The first kappa shape index (κ1) is 12.4. The number of aromatic nitrogens is 5. The molecule has 2 heterocycles. The van der Waals surface area contributed by atoms with E-state index in [2.05, 4.69) is 20.3 Å². The molecule has 0 fully saturated rings. The molecule has 1 N–H and O–H groups in total. The molecular formula is C14H13N5O. The Morgan fingerprint density at radius 2 is 1.85 bits per heavy atom. The number of hydrogen-bond donors (Lipinski definition) is 1. The van der Waals surface area contributed by atoms with Crippen molar-refractivity contribution >= 4 is 0 Å². The van der Waals surface area contributed by atoms with Gasteiger partial charge < -0.3 is 5.11 Å². The van der Waals surface area contributed by atoms with Gasteiger partial charge in [-0.15, -0.1) is 5.10 Å². The van der Waals surface area contributed by atoms with Gasteiger partial charge in [0, 0.05) is 6.20 Å². The van der Waals surface area contributed by atoms with Crippen LogP contribution in [0.25, 0.3) is 5.69 Å². The van der Waals surface area contributed by atoms with E-state index in [1.54, 1.807) is 17.1 Å². The minimum absolute atomic E-state index is 0.468. The Bertz CT molecular complexity index is 693. The van der Waals surface area contributed by atoms with E-state index in [9.17, 15) is 5.11 Å². The Kier molecular flexibility index (Phi) is 3.22. The van der Waals surface area contributed by atoms with Gasteiger partial charge in [0.15, 0.2) is 0 Å². The van der Waals surface area contributed by atoms with Gasteiger partial charge in [0.25, 0.3) is 0 Å². The maximum absolute atomic E-state index is 10.4. The van der Waals surface area contributed by atoms with E-state index >= 15 is 0 Å². The molecule has 3 rings (SSSR count). The Morgan fingerprint density at radius 1 is 1.05 bits per heavy atom. The van der Waals surface area contributed by atoms with Gasteiger partial charge in [-0.3, -0.25) is 9.97 Å². The van der Waals surface area contributed by atoms with E-state index in [1.807, 2.05) is 37.3 Å². The largest absolute Gasteiger partial charge is 0.380 e. The number of hydrogen-bond acceptors (Lipinski definition) is 5. The van der Waals surface area contributed by atoms with Crippen molar-refractivity contribution in [1.29, 1.82) is 0 Å². The maximum Gasteiger partial charge on any atom is 0.141 e. The summed E-state index contributed by atoms with van der Waals surface area (Å²) in [5.74, 6) is 0. The zero-order valence-corrected chi connectivity index (χ0v) is 10.9. The van der Waals surface area contributed by atoms with Gasteiger partial charge in [0.05, 0.1) is 35.2 Å². The summed E-state index contributed by atoms with van der Waals surface area (Å²) in [6, 6.07) is 9.51. The number of aliphatic hydroxyl groups excluding tert-OH is 1. The highest BCUT2D eigenvalue weighted by Gasteiger charge is 2.18. The average Bonchev–Trinajstić information content (AvgIpc) is 2.97. The van der Waals surface area contributed by atoms with Crippen molar-refractivity contribution < 1.29 is 5.11 Å². The molecular weight excluding hydrogens is 254 g/mol. The first-order valence-corrected chi connectivity index (χ1v) is 6.18. The van der Waals surface area contributed by atoms with Gasteiger partial charge in [-0.25, -0.2) is 4.68 Å². The molecule has 1 atom stereocenters. The van der Waals surface area contributed by atoms with Gasteiger partial charge in [0.1, 0.15) is 6.10 Å². The van der Waals surface area contributed by atoms with Crippen molar-refractivity contribution in [3.63, 3.8) is 0 Å². The lowest BCUT2D eigenvalue weighted by Crippen LogP contribution is -2.10. The fraction of sp³-hybridized carbons (Fsp3) is 0.143. The van der Waals surface area contributed by atoms with E-state index in [-0.39, 0.29) is 0 Å². The lowest BCUT2D eigenvalue weighted by atomic mass is 10.2. The number of aryl methyl sites for hydroxylation is 1. The molecule has 0 spiro atoms. The van der Waals surface area contributed by atoms with Gasteiger partial charge in [-0.05, 0) is 19.1 Å². The molecule has 2 aromatic heterocycles.